The quantitative estimate of drug-likeness (QED) is 0.489. The van der Waals surface area contributed by atoms with Crippen molar-refractivity contribution in [3.63, 3.8) is 0 Å². The van der Waals surface area contributed by atoms with Crippen molar-refractivity contribution in [1.82, 2.24) is 15.4 Å². The van der Waals surface area contributed by atoms with Crippen molar-refractivity contribution in [2.75, 3.05) is 27.4 Å². The molecule has 74 valence electrons. The molecule has 0 aliphatic carbocycles. The number of carbonyl (C=O) groups is 1. The van der Waals surface area contributed by atoms with Gasteiger partial charge >= 0.3 is 6.03 Å². The third-order valence-electron chi connectivity index (χ3n) is 0.825. The van der Waals surface area contributed by atoms with E-state index in [1.54, 1.807) is 14.1 Å². The Morgan fingerprint density at radius 2 is 1.33 bits per heavy atom. The van der Waals surface area contributed by atoms with Crippen LogP contribution in [0.25, 0.3) is 0 Å². The normalized spacial score (nSPS) is 9.33. The number of nitrogens with one attached hydrogen (secondary N) is 3. The van der Waals surface area contributed by atoms with Crippen LogP contribution < -0.4 is 15.4 Å². The monoisotopic (exact) mass is 197 g/mol. The predicted octanol–water partition coefficient (Wildman–Crippen LogP) is -1.29. The van der Waals surface area contributed by atoms with Crippen molar-refractivity contribution in [1.29, 1.82) is 0 Å². The van der Waals surface area contributed by atoms with Crippen LogP contribution in [0.2, 0.25) is 0 Å². The van der Waals surface area contributed by atoms with Gasteiger partial charge in [0.25, 0.3) is 0 Å². The van der Waals surface area contributed by atoms with Crippen LogP contribution in [-0.4, -0.2) is 41.8 Å². The van der Waals surface area contributed by atoms with Gasteiger partial charge in [-0.3, -0.25) is 0 Å². The van der Waals surface area contributed by atoms with Crippen molar-refractivity contribution < 1.29 is 13.2 Å². The van der Waals surface area contributed by atoms with Crippen molar-refractivity contribution in [2.45, 2.75) is 0 Å². The Hall–Kier alpha value is -0.820. The lowest BCUT2D eigenvalue weighted by Gasteiger charge is -1.91. The van der Waals surface area contributed by atoms with Crippen LogP contribution in [-0.2, 0) is 10.0 Å². The lowest BCUT2D eigenvalue weighted by Crippen LogP contribution is -2.28. The van der Waals surface area contributed by atoms with Gasteiger partial charge in [-0.1, -0.05) is 0 Å². The molecule has 0 aromatic rings. The minimum Gasteiger partial charge on any atom is -0.341 e. The van der Waals surface area contributed by atoms with E-state index < -0.39 is 10.0 Å². The van der Waals surface area contributed by atoms with Crippen molar-refractivity contribution in [3.05, 3.63) is 0 Å². The third kappa shape index (κ3) is 16.1. The highest BCUT2D eigenvalue weighted by atomic mass is 32.2. The molecule has 3 N–H and O–H groups in total. The van der Waals surface area contributed by atoms with Gasteiger partial charge in [-0.25, -0.2) is 17.9 Å². The highest BCUT2D eigenvalue weighted by molar-refractivity contribution is 7.88. The molecule has 0 aromatic heterocycles. The standard InChI is InChI=1S/C3H8N2O.C2H7NO2S/c1-4-3(6)5-2;1-3-6(2,4)5/h1-2H3,(H2,4,5,6);3H,1-2H3. The number of amides is 2. The summed E-state index contributed by atoms with van der Waals surface area (Å²) >= 11 is 0. The summed E-state index contributed by atoms with van der Waals surface area (Å²) in [5, 5.41) is 4.73. The first-order valence-corrected chi connectivity index (χ1v) is 5.04. The molecule has 0 aliphatic rings. The number of urea groups is 1. The van der Waals surface area contributed by atoms with E-state index in [1.165, 1.54) is 7.05 Å². The second kappa shape index (κ2) is 6.86. The molecular formula is C5H15N3O3S. The van der Waals surface area contributed by atoms with Crippen LogP contribution in [0.5, 0.6) is 0 Å². The molecule has 0 spiro atoms. The van der Waals surface area contributed by atoms with E-state index in [4.69, 9.17) is 0 Å². The van der Waals surface area contributed by atoms with E-state index in [1.807, 2.05) is 0 Å². The largest absolute Gasteiger partial charge is 0.341 e. The molecule has 0 saturated heterocycles. The predicted molar refractivity (Wildman–Crippen MR) is 47.4 cm³/mol. The molecule has 0 radical (unpaired) electrons. The van der Waals surface area contributed by atoms with E-state index in [2.05, 4.69) is 15.4 Å². The Bertz CT molecular complexity index is 206. The highest BCUT2D eigenvalue weighted by Crippen LogP contribution is 1.62. The first kappa shape index (κ1) is 13.7. The summed E-state index contributed by atoms with van der Waals surface area (Å²) in [5.74, 6) is 0. The summed E-state index contributed by atoms with van der Waals surface area (Å²) in [4.78, 5) is 9.96. The number of rotatable bonds is 1. The molecule has 6 nitrogen and oxygen atoms in total. The van der Waals surface area contributed by atoms with E-state index in [9.17, 15) is 13.2 Å². The number of hydrogen-bond acceptors (Lipinski definition) is 3. The molecule has 0 unspecified atom stereocenters. The Kier molecular flexibility index (Phi) is 7.86. The molecule has 0 saturated carbocycles. The van der Waals surface area contributed by atoms with Crippen LogP contribution in [0, 0.1) is 0 Å². The number of sulfonamides is 1. The maximum atomic E-state index is 9.96. The van der Waals surface area contributed by atoms with E-state index in [-0.39, 0.29) is 6.03 Å². The molecule has 7 heteroatoms. The fourth-order valence-electron chi connectivity index (χ4n) is 0.125. The third-order valence-corrected chi connectivity index (χ3v) is 1.57. The first-order valence-electron chi connectivity index (χ1n) is 3.15. The second-order valence-corrected chi connectivity index (χ2v) is 3.76. The van der Waals surface area contributed by atoms with Gasteiger partial charge in [-0.15, -0.1) is 0 Å². The highest BCUT2D eigenvalue weighted by Gasteiger charge is 1.88. The van der Waals surface area contributed by atoms with E-state index in [0.29, 0.717) is 0 Å². The van der Waals surface area contributed by atoms with Gasteiger partial charge in [-0.2, -0.15) is 0 Å². The molecule has 0 rings (SSSR count). The molecule has 0 bridgehead atoms. The lowest BCUT2D eigenvalue weighted by molar-refractivity contribution is 0.245. The Morgan fingerprint density at radius 1 is 1.08 bits per heavy atom. The van der Waals surface area contributed by atoms with Crippen LogP contribution in [0.4, 0.5) is 4.79 Å². The van der Waals surface area contributed by atoms with Gasteiger partial charge in [0, 0.05) is 14.1 Å². The Morgan fingerprint density at radius 3 is 1.33 bits per heavy atom. The van der Waals surface area contributed by atoms with Crippen molar-refractivity contribution in [2.24, 2.45) is 0 Å². The van der Waals surface area contributed by atoms with Gasteiger partial charge in [0.15, 0.2) is 0 Å². The lowest BCUT2D eigenvalue weighted by atomic mass is 11.0. The summed E-state index contributed by atoms with van der Waals surface area (Å²) in [6.07, 6.45) is 1.10. The van der Waals surface area contributed by atoms with Gasteiger partial charge < -0.3 is 10.6 Å². The van der Waals surface area contributed by atoms with Gasteiger partial charge in [0.2, 0.25) is 10.0 Å². The number of carbonyl (C=O) groups excluding carboxylic acids is 1. The zero-order valence-electron chi connectivity index (χ0n) is 7.63. The SMILES string of the molecule is CNC(=O)NC.CNS(C)(=O)=O. The summed E-state index contributed by atoms with van der Waals surface area (Å²) in [6, 6.07) is -0.157. The maximum Gasteiger partial charge on any atom is 0.314 e. The van der Waals surface area contributed by atoms with Crippen molar-refractivity contribution in [3.8, 4) is 0 Å². The molecule has 12 heavy (non-hydrogen) atoms. The zero-order valence-corrected chi connectivity index (χ0v) is 8.45. The fraction of sp³-hybridized carbons (Fsp3) is 0.800. The van der Waals surface area contributed by atoms with Crippen LogP contribution >= 0.6 is 0 Å². The van der Waals surface area contributed by atoms with Crippen LogP contribution in [0.1, 0.15) is 0 Å². The van der Waals surface area contributed by atoms with Gasteiger partial charge in [-0.05, 0) is 7.05 Å². The molecule has 2 amide bonds. The van der Waals surface area contributed by atoms with E-state index in [0.717, 1.165) is 6.26 Å². The minimum absolute atomic E-state index is 0.157. The average molecular weight is 197 g/mol. The number of hydrogen-bond donors (Lipinski definition) is 3. The van der Waals surface area contributed by atoms with Crippen molar-refractivity contribution >= 4 is 16.1 Å². The summed E-state index contributed by atoms with van der Waals surface area (Å²) in [7, 11) is 1.59. The fourth-order valence-corrected chi connectivity index (χ4v) is 0.125. The van der Waals surface area contributed by atoms with Crippen LogP contribution in [0.3, 0.4) is 0 Å². The summed E-state index contributed by atoms with van der Waals surface area (Å²) < 4.78 is 21.9. The molecule has 0 fully saturated rings. The topological polar surface area (TPSA) is 87.3 Å². The average Bonchev–Trinajstić information content (AvgIpc) is 2.03. The summed E-state index contributed by atoms with van der Waals surface area (Å²) in [5.41, 5.74) is 0. The summed E-state index contributed by atoms with van der Waals surface area (Å²) in [6.45, 7) is 0. The van der Waals surface area contributed by atoms with Gasteiger partial charge in [0.1, 0.15) is 0 Å². The molecule has 0 aliphatic heterocycles. The zero-order chi connectivity index (χ0) is 10.2. The molecule has 0 atom stereocenters. The molecular weight excluding hydrogens is 182 g/mol. The van der Waals surface area contributed by atoms with E-state index >= 15 is 0 Å². The van der Waals surface area contributed by atoms with Crippen LogP contribution in [0.15, 0.2) is 0 Å². The second-order valence-electron chi connectivity index (χ2n) is 1.81. The smallest absolute Gasteiger partial charge is 0.314 e. The Balaban J connectivity index is 0. The first-order chi connectivity index (χ1) is 5.37. The molecule has 0 heterocycles. The van der Waals surface area contributed by atoms with Gasteiger partial charge in [0.05, 0.1) is 6.26 Å². The maximum absolute atomic E-state index is 9.96. The molecule has 0 aromatic carbocycles. The Labute approximate surface area is 72.8 Å². The minimum atomic E-state index is -2.91.